The van der Waals surface area contributed by atoms with Crippen LogP contribution in [-0.4, -0.2) is 23.0 Å². The second-order valence-corrected chi connectivity index (χ2v) is 4.23. The smallest absolute Gasteiger partial charge is 0.166 e. The van der Waals surface area contributed by atoms with Gasteiger partial charge < -0.3 is 15.2 Å². The number of ether oxygens (including phenoxy) is 2. The molecular weight excluding hydrogens is 230 g/mol. The molecule has 1 aromatic heterocycles. The van der Waals surface area contributed by atoms with E-state index in [4.69, 9.17) is 15.2 Å². The van der Waals surface area contributed by atoms with E-state index in [1.165, 1.54) is 0 Å². The molecule has 0 saturated carbocycles. The summed E-state index contributed by atoms with van der Waals surface area (Å²) in [5, 5.41) is 4.14. The number of aromatic nitrogens is 2. The first-order valence-corrected chi connectivity index (χ1v) is 5.89. The zero-order chi connectivity index (χ0) is 12.5. The molecule has 2 heterocycles. The van der Waals surface area contributed by atoms with E-state index < -0.39 is 0 Å². The first-order chi connectivity index (χ1) is 8.77. The molecule has 1 atom stereocenters. The summed E-state index contributed by atoms with van der Waals surface area (Å²) in [7, 11) is 1.88. The zero-order valence-electron chi connectivity index (χ0n) is 10.2. The summed E-state index contributed by atoms with van der Waals surface area (Å²) in [4.78, 5) is 0. The number of aryl methyl sites for hydroxylation is 1. The fourth-order valence-electron chi connectivity index (χ4n) is 2.19. The highest BCUT2D eigenvalue weighted by Gasteiger charge is 2.22. The van der Waals surface area contributed by atoms with Crippen LogP contribution >= 0.6 is 0 Å². The summed E-state index contributed by atoms with van der Waals surface area (Å²) < 4.78 is 13.0. The van der Waals surface area contributed by atoms with Gasteiger partial charge in [-0.15, -0.1) is 0 Å². The van der Waals surface area contributed by atoms with Crippen molar-refractivity contribution in [2.24, 2.45) is 12.8 Å². The molecule has 0 spiro atoms. The Bertz CT molecular complexity index is 565. The molecule has 18 heavy (non-hydrogen) atoms. The normalized spacial score (nSPS) is 15.4. The van der Waals surface area contributed by atoms with Crippen molar-refractivity contribution in [1.29, 1.82) is 0 Å². The van der Waals surface area contributed by atoms with Crippen LogP contribution in [-0.2, 0) is 7.05 Å². The first kappa shape index (κ1) is 11.1. The van der Waals surface area contributed by atoms with E-state index in [1.54, 1.807) is 10.9 Å². The third-order valence-electron chi connectivity index (χ3n) is 3.11. The maximum absolute atomic E-state index is 6.29. The minimum Gasteiger partial charge on any atom is -0.486 e. The van der Waals surface area contributed by atoms with E-state index in [0.717, 1.165) is 22.8 Å². The molecule has 0 bridgehead atoms. The van der Waals surface area contributed by atoms with Crippen LogP contribution in [0.25, 0.3) is 0 Å². The van der Waals surface area contributed by atoms with Crippen molar-refractivity contribution in [1.82, 2.24) is 9.78 Å². The van der Waals surface area contributed by atoms with Crippen LogP contribution < -0.4 is 15.2 Å². The SMILES string of the molecule is Cn1nccc1C(N)c1cccc2c1OCCO2. The van der Waals surface area contributed by atoms with Crippen molar-refractivity contribution in [2.45, 2.75) is 6.04 Å². The predicted molar refractivity (Wildman–Crippen MR) is 66.7 cm³/mol. The highest BCUT2D eigenvalue weighted by atomic mass is 16.6. The van der Waals surface area contributed by atoms with Gasteiger partial charge in [0.25, 0.3) is 0 Å². The van der Waals surface area contributed by atoms with Crippen molar-refractivity contribution in [3.63, 3.8) is 0 Å². The number of para-hydroxylation sites is 1. The molecule has 2 N–H and O–H groups in total. The molecule has 94 valence electrons. The lowest BCUT2D eigenvalue weighted by Crippen LogP contribution is -2.21. The van der Waals surface area contributed by atoms with Crippen molar-refractivity contribution in [2.75, 3.05) is 13.2 Å². The molecule has 0 amide bonds. The van der Waals surface area contributed by atoms with E-state index in [9.17, 15) is 0 Å². The number of nitrogens with two attached hydrogens (primary N) is 1. The van der Waals surface area contributed by atoms with Crippen molar-refractivity contribution >= 4 is 0 Å². The molecule has 1 unspecified atom stereocenters. The van der Waals surface area contributed by atoms with Gasteiger partial charge in [-0.05, 0) is 12.1 Å². The largest absolute Gasteiger partial charge is 0.486 e. The summed E-state index contributed by atoms with van der Waals surface area (Å²) in [6, 6.07) is 7.43. The fourth-order valence-corrected chi connectivity index (χ4v) is 2.19. The third-order valence-corrected chi connectivity index (χ3v) is 3.11. The number of hydrogen-bond acceptors (Lipinski definition) is 4. The molecule has 0 aliphatic carbocycles. The molecule has 3 rings (SSSR count). The highest BCUT2D eigenvalue weighted by molar-refractivity contribution is 5.50. The van der Waals surface area contributed by atoms with Crippen molar-refractivity contribution in [3.8, 4) is 11.5 Å². The zero-order valence-corrected chi connectivity index (χ0v) is 10.2. The summed E-state index contributed by atoms with van der Waals surface area (Å²) >= 11 is 0. The monoisotopic (exact) mass is 245 g/mol. The molecule has 0 fully saturated rings. The molecular formula is C13H15N3O2. The van der Waals surface area contributed by atoms with E-state index in [2.05, 4.69) is 5.10 Å². The minimum absolute atomic E-state index is 0.269. The lowest BCUT2D eigenvalue weighted by Gasteiger charge is -2.23. The molecule has 1 aliphatic rings. The first-order valence-electron chi connectivity index (χ1n) is 5.89. The predicted octanol–water partition coefficient (Wildman–Crippen LogP) is 1.24. The molecule has 2 aromatic rings. The quantitative estimate of drug-likeness (QED) is 0.864. The fraction of sp³-hybridized carbons (Fsp3) is 0.308. The van der Waals surface area contributed by atoms with E-state index in [0.29, 0.717) is 13.2 Å². The number of benzene rings is 1. The van der Waals surface area contributed by atoms with E-state index in [1.807, 2.05) is 31.3 Å². The Kier molecular flexibility index (Phi) is 2.68. The molecule has 0 saturated heterocycles. The maximum atomic E-state index is 6.29. The number of hydrogen-bond donors (Lipinski definition) is 1. The van der Waals surface area contributed by atoms with Crippen LogP contribution in [0, 0.1) is 0 Å². The molecule has 5 nitrogen and oxygen atoms in total. The number of rotatable bonds is 2. The van der Waals surface area contributed by atoms with Crippen LogP contribution in [0.3, 0.4) is 0 Å². The molecule has 1 aliphatic heterocycles. The lowest BCUT2D eigenvalue weighted by atomic mass is 10.0. The summed E-state index contributed by atoms with van der Waals surface area (Å²) in [6.07, 6.45) is 1.74. The standard InChI is InChI=1S/C13H15N3O2/c1-16-10(5-6-15-16)12(14)9-3-2-4-11-13(9)18-8-7-17-11/h2-6,12H,7-8,14H2,1H3. The Morgan fingerprint density at radius 1 is 1.28 bits per heavy atom. The van der Waals surface area contributed by atoms with Gasteiger partial charge in [0.2, 0.25) is 0 Å². The van der Waals surface area contributed by atoms with Gasteiger partial charge in [-0.1, -0.05) is 12.1 Å². The third kappa shape index (κ3) is 1.73. The second kappa shape index (κ2) is 4.34. The molecule has 0 radical (unpaired) electrons. The average molecular weight is 245 g/mol. The Balaban J connectivity index is 2.04. The van der Waals surface area contributed by atoms with Crippen LogP contribution in [0.4, 0.5) is 0 Å². The Morgan fingerprint density at radius 2 is 2.11 bits per heavy atom. The lowest BCUT2D eigenvalue weighted by molar-refractivity contribution is 0.169. The van der Waals surface area contributed by atoms with Gasteiger partial charge in [-0.3, -0.25) is 4.68 Å². The highest BCUT2D eigenvalue weighted by Crippen LogP contribution is 2.37. The van der Waals surface area contributed by atoms with Crippen molar-refractivity contribution in [3.05, 3.63) is 41.7 Å². The topological polar surface area (TPSA) is 62.3 Å². The number of nitrogens with zero attached hydrogens (tertiary/aromatic N) is 2. The number of fused-ring (bicyclic) bond motifs is 1. The summed E-state index contributed by atoms with van der Waals surface area (Å²) in [6.45, 7) is 1.14. The summed E-state index contributed by atoms with van der Waals surface area (Å²) in [5.41, 5.74) is 8.16. The van der Waals surface area contributed by atoms with Crippen LogP contribution in [0.2, 0.25) is 0 Å². The van der Waals surface area contributed by atoms with E-state index >= 15 is 0 Å². The Labute approximate surface area is 105 Å². The Morgan fingerprint density at radius 3 is 2.89 bits per heavy atom. The van der Waals surface area contributed by atoms with Gasteiger partial charge in [0, 0.05) is 18.8 Å². The van der Waals surface area contributed by atoms with Gasteiger partial charge in [-0.2, -0.15) is 5.10 Å². The van der Waals surface area contributed by atoms with E-state index in [-0.39, 0.29) is 6.04 Å². The summed E-state index contributed by atoms with van der Waals surface area (Å²) in [5.74, 6) is 1.51. The Hall–Kier alpha value is -2.01. The van der Waals surface area contributed by atoms with Crippen LogP contribution in [0.5, 0.6) is 11.5 Å². The van der Waals surface area contributed by atoms with Gasteiger partial charge in [-0.25, -0.2) is 0 Å². The van der Waals surface area contributed by atoms with Gasteiger partial charge >= 0.3 is 0 Å². The van der Waals surface area contributed by atoms with Gasteiger partial charge in [0.15, 0.2) is 11.5 Å². The van der Waals surface area contributed by atoms with Crippen LogP contribution in [0.15, 0.2) is 30.5 Å². The van der Waals surface area contributed by atoms with Gasteiger partial charge in [0.05, 0.1) is 11.7 Å². The maximum Gasteiger partial charge on any atom is 0.166 e. The molecule has 5 heteroatoms. The minimum atomic E-state index is -0.269. The second-order valence-electron chi connectivity index (χ2n) is 4.23. The van der Waals surface area contributed by atoms with Gasteiger partial charge in [0.1, 0.15) is 13.2 Å². The molecule has 1 aromatic carbocycles. The van der Waals surface area contributed by atoms with Crippen LogP contribution in [0.1, 0.15) is 17.3 Å². The average Bonchev–Trinajstić information content (AvgIpc) is 2.83. The van der Waals surface area contributed by atoms with Crippen molar-refractivity contribution < 1.29 is 9.47 Å².